The van der Waals surface area contributed by atoms with Crippen LogP contribution >= 0.6 is 0 Å². The van der Waals surface area contributed by atoms with Gasteiger partial charge in [0, 0.05) is 27.2 Å². The first-order valence-corrected chi connectivity index (χ1v) is 6.20. The number of aromatic nitrogens is 1. The van der Waals surface area contributed by atoms with Crippen LogP contribution in [0.25, 0.3) is 0 Å². The molecule has 1 aliphatic rings. The van der Waals surface area contributed by atoms with Crippen molar-refractivity contribution in [1.29, 1.82) is 0 Å². The van der Waals surface area contributed by atoms with Crippen molar-refractivity contribution in [1.82, 2.24) is 4.98 Å². The van der Waals surface area contributed by atoms with Crippen LogP contribution in [0.3, 0.4) is 0 Å². The summed E-state index contributed by atoms with van der Waals surface area (Å²) in [5, 5.41) is 3.13. The fourth-order valence-corrected chi connectivity index (χ4v) is 2.41. The van der Waals surface area contributed by atoms with Gasteiger partial charge >= 0.3 is 0 Å². The fourth-order valence-electron chi connectivity index (χ4n) is 2.41. The molecule has 1 saturated heterocycles. The first kappa shape index (κ1) is 12.2. The number of nitrogens with zero attached hydrogens (tertiary/aromatic N) is 2. The standard InChI is InChI=1S/C13H21N3O/c1-14-12-6-13(8-15-7-12)16-5-3-4-11(9-16)10-17-2/h6-8,11,14H,3-5,9-10H2,1-2H3. The lowest BCUT2D eigenvalue weighted by atomic mass is 9.98. The zero-order valence-corrected chi connectivity index (χ0v) is 10.6. The molecule has 17 heavy (non-hydrogen) atoms. The van der Waals surface area contributed by atoms with Gasteiger partial charge in [-0.1, -0.05) is 0 Å². The van der Waals surface area contributed by atoms with Crippen molar-refractivity contribution in [3.05, 3.63) is 18.5 Å². The zero-order chi connectivity index (χ0) is 12.1. The molecule has 1 unspecified atom stereocenters. The van der Waals surface area contributed by atoms with Gasteiger partial charge in [-0.3, -0.25) is 4.98 Å². The van der Waals surface area contributed by atoms with E-state index in [0.29, 0.717) is 5.92 Å². The van der Waals surface area contributed by atoms with Crippen LogP contribution in [0.1, 0.15) is 12.8 Å². The van der Waals surface area contributed by atoms with Gasteiger partial charge in [-0.2, -0.15) is 0 Å². The zero-order valence-electron chi connectivity index (χ0n) is 10.6. The molecule has 1 aromatic rings. The van der Waals surface area contributed by atoms with Crippen molar-refractivity contribution in [3.8, 4) is 0 Å². The molecule has 0 aromatic carbocycles. The smallest absolute Gasteiger partial charge is 0.0573 e. The minimum absolute atomic E-state index is 0.645. The summed E-state index contributed by atoms with van der Waals surface area (Å²) in [4.78, 5) is 6.67. The lowest BCUT2D eigenvalue weighted by Gasteiger charge is -2.34. The molecule has 2 heterocycles. The minimum atomic E-state index is 0.645. The van der Waals surface area contributed by atoms with E-state index in [1.54, 1.807) is 7.11 Å². The van der Waals surface area contributed by atoms with E-state index in [1.165, 1.54) is 18.5 Å². The van der Waals surface area contributed by atoms with Crippen molar-refractivity contribution >= 4 is 11.4 Å². The van der Waals surface area contributed by atoms with Crippen molar-refractivity contribution in [3.63, 3.8) is 0 Å². The molecule has 0 saturated carbocycles. The van der Waals surface area contributed by atoms with Crippen LogP contribution in [0.5, 0.6) is 0 Å². The number of pyridine rings is 1. The van der Waals surface area contributed by atoms with Crippen LogP contribution in [-0.2, 0) is 4.74 Å². The molecule has 1 atom stereocenters. The topological polar surface area (TPSA) is 37.4 Å². The Morgan fingerprint density at radius 3 is 3.18 bits per heavy atom. The second kappa shape index (κ2) is 5.87. The third-order valence-electron chi connectivity index (χ3n) is 3.30. The van der Waals surface area contributed by atoms with E-state index < -0.39 is 0 Å². The summed E-state index contributed by atoms with van der Waals surface area (Å²) in [6, 6.07) is 2.15. The van der Waals surface area contributed by atoms with E-state index in [4.69, 9.17) is 4.74 Å². The summed E-state index contributed by atoms with van der Waals surface area (Å²) in [5.41, 5.74) is 2.27. The largest absolute Gasteiger partial charge is 0.387 e. The van der Waals surface area contributed by atoms with Crippen LogP contribution in [0.2, 0.25) is 0 Å². The third kappa shape index (κ3) is 3.09. The highest BCUT2D eigenvalue weighted by molar-refractivity contribution is 5.55. The number of rotatable bonds is 4. The number of anilines is 2. The number of ether oxygens (including phenoxy) is 1. The van der Waals surface area contributed by atoms with Crippen LogP contribution in [0, 0.1) is 5.92 Å². The van der Waals surface area contributed by atoms with Gasteiger partial charge in [0.1, 0.15) is 0 Å². The molecule has 0 spiro atoms. The van der Waals surface area contributed by atoms with Crippen LogP contribution in [0.4, 0.5) is 11.4 Å². The summed E-state index contributed by atoms with van der Waals surface area (Å²) in [5.74, 6) is 0.645. The van der Waals surface area contributed by atoms with Gasteiger partial charge in [-0.15, -0.1) is 0 Å². The molecule has 0 bridgehead atoms. The van der Waals surface area contributed by atoms with Gasteiger partial charge < -0.3 is 15.0 Å². The molecule has 0 radical (unpaired) electrons. The van der Waals surface area contributed by atoms with E-state index in [1.807, 2.05) is 19.4 Å². The van der Waals surface area contributed by atoms with E-state index in [-0.39, 0.29) is 0 Å². The summed E-state index contributed by atoms with van der Waals surface area (Å²) in [6.07, 6.45) is 6.29. The van der Waals surface area contributed by atoms with Gasteiger partial charge in [0.25, 0.3) is 0 Å². The first-order chi connectivity index (χ1) is 8.33. The lowest BCUT2D eigenvalue weighted by Crippen LogP contribution is -2.37. The highest BCUT2D eigenvalue weighted by atomic mass is 16.5. The van der Waals surface area contributed by atoms with Crippen molar-refractivity contribution in [2.75, 3.05) is 44.1 Å². The fraction of sp³-hybridized carbons (Fsp3) is 0.615. The van der Waals surface area contributed by atoms with Gasteiger partial charge in [-0.25, -0.2) is 0 Å². The molecule has 1 fully saturated rings. The SMILES string of the molecule is CNc1cncc(N2CCCC(COC)C2)c1. The van der Waals surface area contributed by atoms with E-state index in [9.17, 15) is 0 Å². The number of hydrogen-bond acceptors (Lipinski definition) is 4. The monoisotopic (exact) mass is 235 g/mol. The second-order valence-corrected chi connectivity index (χ2v) is 4.59. The normalized spacial score (nSPS) is 20.4. The summed E-state index contributed by atoms with van der Waals surface area (Å²) in [6.45, 7) is 3.05. The Morgan fingerprint density at radius 2 is 2.41 bits per heavy atom. The Bertz CT molecular complexity index is 354. The number of methoxy groups -OCH3 is 1. The van der Waals surface area contributed by atoms with Crippen LogP contribution in [-0.4, -0.2) is 38.8 Å². The summed E-state index contributed by atoms with van der Waals surface area (Å²) < 4.78 is 5.26. The third-order valence-corrected chi connectivity index (χ3v) is 3.30. The Kier molecular flexibility index (Phi) is 4.20. The van der Waals surface area contributed by atoms with Gasteiger partial charge in [0.05, 0.1) is 30.4 Å². The average molecular weight is 235 g/mol. The van der Waals surface area contributed by atoms with E-state index in [2.05, 4.69) is 21.3 Å². The Labute approximate surface area is 103 Å². The van der Waals surface area contributed by atoms with Crippen LogP contribution < -0.4 is 10.2 Å². The number of nitrogens with one attached hydrogen (secondary N) is 1. The molecule has 4 heteroatoms. The van der Waals surface area contributed by atoms with Crippen molar-refractivity contribution in [2.24, 2.45) is 5.92 Å². The summed E-state index contributed by atoms with van der Waals surface area (Å²) in [7, 11) is 3.70. The maximum Gasteiger partial charge on any atom is 0.0573 e. The van der Waals surface area contributed by atoms with Gasteiger partial charge in [-0.05, 0) is 24.8 Å². The van der Waals surface area contributed by atoms with E-state index >= 15 is 0 Å². The highest BCUT2D eigenvalue weighted by Crippen LogP contribution is 2.24. The Morgan fingerprint density at radius 1 is 1.53 bits per heavy atom. The lowest BCUT2D eigenvalue weighted by molar-refractivity contribution is 0.143. The maximum absolute atomic E-state index is 5.26. The Hall–Kier alpha value is -1.29. The minimum Gasteiger partial charge on any atom is -0.387 e. The molecular weight excluding hydrogens is 214 g/mol. The molecule has 4 nitrogen and oxygen atoms in total. The molecule has 0 amide bonds. The molecule has 94 valence electrons. The maximum atomic E-state index is 5.26. The van der Waals surface area contributed by atoms with Crippen LogP contribution in [0.15, 0.2) is 18.5 Å². The van der Waals surface area contributed by atoms with Crippen molar-refractivity contribution in [2.45, 2.75) is 12.8 Å². The average Bonchev–Trinajstić information content (AvgIpc) is 2.40. The second-order valence-electron chi connectivity index (χ2n) is 4.59. The predicted octanol–water partition coefficient (Wildman–Crippen LogP) is 1.99. The first-order valence-electron chi connectivity index (χ1n) is 6.20. The molecule has 1 aromatic heterocycles. The number of piperidine rings is 1. The highest BCUT2D eigenvalue weighted by Gasteiger charge is 2.20. The van der Waals surface area contributed by atoms with Gasteiger partial charge in [0.15, 0.2) is 0 Å². The molecule has 1 N–H and O–H groups in total. The molecule has 0 aliphatic carbocycles. The van der Waals surface area contributed by atoms with Crippen molar-refractivity contribution < 1.29 is 4.74 Å². The Balaban J connectivity index is 2.05. The summed E-state index contributed by atoms with van der Waals surface area (Å²) >= 11 is 0. The molecule has 1 aliphatic heterocycles. The molecular formula is C13H21N3O. The quantitative estimate of drug-likeness (QED) is 0.866. The van der Waals surface area contributed by atoms with Gasteiger partial charge in [0.2, 0.25) is 0 Å². The van der Waals surface area contributed by atoms with E-state index in [0.717, 1.165) is 25.4 Å². The predicted molar refractivity (Wildman–Crippen MR) is 70.6 cm³/mol. The molecule has 2 rings (SSSR count). The number of hydrogen-bond donors (Lipinski definition) is 1.